The Hall–Kier alpha value is -1.99. The summed E-state index contributed by atoms with van der Waals surface area (Å²) < 4.78 is 5.04. The Labute approximate surface area is 120 Å². The first kappa shape index (κ1) is 16.1. The third kappa shape index (κ3) is 4.29. The minimum atomic E-state index is -0.748. The molecule has 0 aromatic heterocycles. The molecule has 2 atom stereocenters. The van der Waals surface area contributed by atoms with E-state index >= 15 is 0 Å². The second-order valence-electron chi connectivity index (χ2n) is 4.95. The van der Waals surface area contributed by atoms with E-state index in [0.717, 1.165) is 0 Å². The molecule has 2 N–H and O–H groups in total. The van der Waals surface area contributed by atoms with Crippen molar-refractivity contribution in [3.05, 3.63) is 29.8 Å². The van der Waals surface area contributed by atoms with Gasteiger partial charge in [-0.05, 0) is 30.2 Å². The maximum atomic E-state index is 12.2. The SMILES string of the molecule is C#CC[C@H](O)[C@@H](NC(=O)c1ccc(OC)cc1)C(C)C. The summed E-state index contributed by atoms with van der Waals surface area (Å²) in [6.07, 6.45) is 4.67. The lowest BCUT2D eigenvalue weighted by Crippen LogP contribution is -2.46. The van der Waals surface area contributed by atoms with Gasteiger partial charge in [0.25, 0.3) is 5.91 Å². The van der Waals surface area contributed by atoms with Gasteiger partial charge in [-0.2, -0.15) is 0 Å². The van der Waals surface area contributed by atoms with Gasteiger partial charge >= 0.3 is 0 Å². The maximum absolute atomic E-state index is 12.2. The van der Waals surface area contributed by atoms with Gasteiger partial charge in [0.2, 0.25) is 0 Å². The van der Waals surface area contributed by atoms with Crippen molar-refractivity contribution < 1.29 is 14.6 Å². The van der Waals surface area contributed by atoms with Crippen LogP contribution in [-0.2, 0) is 0 Å². The van der Waals surface area contributed by atoms with Gasteiger partial charge in [0.15, 0.2) is 0 Å². The Balaban J connectivity index is 2.77. The molecular formula is C16H21NO3. The number of aliphatic hydroxyl groups is 1. The molecule has 4 nitrogen and oxygen atoms in total. The van der Waals surface area contributed by atoms with Gasteiger partial charge < -0.3 is 15.2 Å². The molecular weight excluding hydrogens is 254 g/mol. The Morgan fingerprint density at radius 3 is 2.45 bits per heavy atom. The Morgan fingerprint density at radius 2 is 2.00 bits per heavy atom. The lowest BCUT2D eigenvalue weighted by Gasteiger charge is -2.26. The zero-order valence-electron chi connectivity index (χ0n) is 12.1. The molecule has 0 fully saturated rings. The predicted octanol–water partition coefficient (Wildman–Crippen LogP) is 1.83. The number of carbonyl (C=O) groups excluding carboxylic acids is 1. The minimum Gasteiger partial charge on any atom is -0.497 e. The van der Waals surface area contributed by atoms with Crippen LogP contribution in [0, 0.1) is 18.3 Å². The summed E-state index contributed by atoms with van der Waals surface area (Å²) in [6, 6.07) is 6.42. The van der Waals surface area contributed by atoms with E-state index < -0.39 is 6.10 Å². The molecule has 0 unspecified atom stereocenters. The highest BCUT2D eigenvalue weighted by atomic mass is 16.5. The summed E-state index contributed by atoms with van der Waals surface area (Å²) in [7, 11) is 1.57. The highest BCUT2D eigenvalue weighted by molar-refractivity contribution is 5.94. The third-order valence-corrected chi connectivity index (χ3v) is 3.11. The molecule has 0 saturated carbocycles. The van der Waals surface area contributed by atoms with Gasteiger partial charge in [0, 0.05) is 12.0 Å². The van der Waals surface area contributed by atoms with E-state index in [2.05, 4.69) is 11.2 Å². The number of amides is 1. The highest BCUT2D eigenvalue weighted by Crippen LogP contribution is 2.14. The molecule has 20 heavy (non-hydrogen) atoms. The Bertz CT molecular complexity index is 473. The van der Waals surface area contributed by atoms with Crippen molar-refractivity contribution in [3.8, 4) is 18.1 Å². The van der Waals surface area contributed by atoms with Gasteiger partial charge in [-0.25, -0.2) is 0 Å². The van der Waals surface area contributed by atoms with E-state index in [1.807, 2.05) is 13.8 Å². The molecule has 1 amide bonds. The van der Waals surface area contributed by atoms with Gasteiger partial charge in [0.1, 0.15) is 5.75 Å². The number of aliphatic hydroxyl groups excluding tert-OH is 1. The number of terminal acetylenes is 1. The van der Waals surface area contributed by atoms with Crippen LogP contribution in [0.25, 0.3) is 0 Å². The average Bonchev–Trinajstić information content (AvgIpc) is 2.44. The molecule has 0 bridgehead atoms. The van der Waals surface area contributed by atoms with Gasteiger partial charge in [-0.1, -0.05) is 13.8 Å². The lowest BCUT2D eigenvalue weighted by molar-refractivity contribution is 0.0773. The summed E-state index contributed by atoms with van der Waals surface area (Å²) in [5.74, 6) is 2.95. The summed E-state index contributed by atoms with van der Waals surface area (Å²) in [6.45, 7) is 3.86. The molecule has 0 aliphatic heterocycles. The molecule has 0 spiro atoms. The summed E-state index contributed by atoms with van der Waals surface area (Å²) >= 11 is 0. The van der Waals surface area contributed by atoms with Crippen molar-refractivity contribution in [3.63, 3.8) is 0 Å². The van der Waals surface area contributed by atoms with Gasteiger partial charge in [-0.3, -0.25) is 4.79 Å². The van der Waals surface area contributed by atoms with Crippen LogP contribution in [0.15, 0.2) is 24.3 Å². The maximum Gasteiger partial charge on any atom is 0.251 e. The minimum absolute atomic E-state index is 0.0838. The quantitative estimate of drug-likeness (QED) is 0.779. The Kier molecular flexibility index (Phi) is 6.08. The van der Waals surface area contributed by atoms with E-state index in [4.69, 9.17) is 11.2 Å². The number of nitrogens with one attached hydrogen (secondary N) is 1. The fourth-order valence-corrected chi connectivity index (χ4v) is 1.93. The molecule has 1 rings (SSSR count). The molecule has 108 valence electrons. The lowest BCUT2D eigenvalue weighted by atomic mass is 9.96. The van der Waals surface area contributed by atoms with Crippen LogP contribution >= 0.6 is 0 Å². The van der Waals surface area contributed by atoms with E-state index in [9.17, 15) is 9.90 Å². The molecule has 1 aromatic carbocycles. The average molecular weight is 275 g/mol. The van der Waals surface area contributed by atoms with Crippen molar-refractivity contribution in [1.29, 1.82) is 0 Å². The summed E-state index contributed by atoms with van der Waals surface area (Å²) in [5.41, 5.74) is 0.518. The van der Waals surface area contributed by atoms with Crippen LogP contribution < -0.4 is 10.1 Å². The highest BCUT2D eigenvalue weighted by Gasteiger charge is 2.24. The molecule has 1 aromatic rings. The number of rotatable bonds is 6. The Morgan fingerprint density at radius 1 is 1.40 bits per heavy atom. The zero-order chi connectivity index (χ0) is 15.1. The van der Waals surface area contributed by atoms with Crippen LogP contribution in [0.5, 0.6) is 5.75 Å². The van der Waals surface area contributed by atoms with Crippen LogP contribution in [0.3, 0.4) is 0 Å². The van der Waals surface area contributed by atoms with Crippen molar-refractivity contribution in [2.45, 2.75) is 32.4 Å². The standard InChI is InChI=1S/C16H21NO3/c1-5-6-14(18)15(11(2)3)17-16(19)12-7-9-13(20-4)10-8-12/h1,7-11,14-15,18H,6H2,2-4H3,(H,17,19)/t14-,15-/m0/s1. The first-order valence-electron chi connectivity index (χ1n) is 6.56. The first-order valence-corrected chi connectivity index (χ1v) is 6.56. The van der Waals surface area contributed by atoms with Gasteiger partial charge in [0.05, 0.1) is 19.3 Å². The second kappa shape index (κ2) is 7.56. The molecule has 4 heteroatoms. The van der Waals surface area contributed by atoms with Gasteiger partial charge in [-0.15, -0.1) is 12.3 Å². The number of methoxy groups -OCH3 is 1. The topological polar surface area (TPSA) is 58.6 Å². The molecule has 0 heterocycles. The fraction of sp³-hybridized carbons (Fsp3) is 0.438. The number of ether oxygens (including phenoxy) is 1. The fourth-order valence-electron chi connectivity index (χ4n) is 1.93. The van der Waals surface area contributed by atoms with Crippen LogP contribution in [-0.4, -0.2) is 30.3 Å². The third-order valence-electron chi connectivity index (χ3n) is 3.11. The predicted molar refractivity (Wildman–Crippen MR) is 78.5 cm³/mol. The number of benzene rings is 1. The van der Waals surface area contributed by atoms with Crippen LogP contribution in [0.1, 0.15) is 30.6 Å². The normalized spacial score (nSPS) is 13.4. The zero-order valence-corrected chi connectivity index (χ0v) is 12.1. The molecule has 0 aliphatic carbocycles. The van der Waals surface area contributed by atoms with E-state index in [-0.39, 0.29) is 24.3 Å². The first-order chi connectivity index (χ1) is 9.49. The molecule has 0 aliphatic rings. The largest absolute Gasteiger partial charge is 0.497 e. The smallest absolute Gasteiger partial charge is 0.251 e. The van der Waals surface area contributed by atoms with E-state index in [1.165, 1.54) is 0 Å². The molecule has 0 saturated heterocycles. The van der Waals surface area contributed by atoms with Crippen molar-refractivity contribution in [1.82, 2.24) is 5.32 Å². The number of hydrogen-bond donors (Lipinski definition) is 2. The molecule has 0 radical (unpaired) electrons. The van der Waals surface area contributed by atoms with Crippen LogP contribution in [0.4, 0.5) is 0 Å². The second-order valence-corrected chi connectivity index (χ2v) is 4.95. The van der Waals surface area contributed by atoms with Crippen LogP contribution in [0.2, 0.25) is 0 Å². The van der Waals surface area contributed by atoms with E-state index in [0.29, 0.717) is 11.3 Å². The number of hydrogen-bond acceptors (Lipinski definition) is 3. The summed E-state index contributed by atoms with van der Waals surface area (Å²) in [4.78, 5) is 12.2. The van der Waals surface area contributed by atoms with E-state index in [1.54, 1.807) is 31.4 Å². The van der Waals surface area contributed by atoms with Crippen molar-refractivity contribution >= 4 is 5.91 Å². The number of carbonyl (C=O) groups is 1. The monoisotopic (exact) mass is 275 g/mol. The van der Waals surface area contributed by atoms with Crippen molar-refractivity contribution in [2.75, 3.05) is 7.11 Å². The summed E-state index contributed by atoms with van der Waals surface area (Å²) in [5, 5.41) is 12.8. The van der Waals surface area contributed by atoms with Crippen molar-refractivity contribution in [2.24, 2.45) is 5.92 Å².